The van der Waals surface area contributed by atoms with Gasteiger partial charge in [0, 0.05) is 26.1 Å². The minimum atomic E-state index is -0.0408. The van der Waals surface area contributed by atoms with Gasteiger partial charge in [0.1, 0.15) is 0 Å². The van der Waals surface area contributed by atoms with Crippen molar-refractivity contribution in [2.75, 3.05) is 20.1 Å². The fraction of sp³-hybridized carbons (Fsp3) is 0.750. The standard InChI is InChI=1S/C8H15N3OS/c1-10-8(12)11-4-2-3-6(5-11)7(9)13/h6H,2-5H2,1H3,(H2,9,13)(H,10,12). The number of urea groups is 1. The van der Waals surface area contributed by atoms with E-state index in [0.29, 0.717) is 11.5 Å². The summed E-state index contributed by atoms with van der Waals surface area (Å²) in [4.78, 5) is 13.5. The van der Waals surface area contributed by atoms with Gasteiger partial charge in [-0.15, -0.1) is 0 Å². The number of nitrogens with one attached hydrogen (secondary N) is 1. The van der Waals surface area contributed by atoms with E-state index in [1.54, 1.807) is 11.9 Å². The second kappa shape index (κ2) is 4.41. The summed E-state index contributed by atoms with van der Waals surface area (Å²) < 4.78 is 0. The molecule has 0 bridgehead atoms. The minimum Gasteiger partial charge on any atom is -0.393 e. The molecule has 0 aromatic carbocycles. The quantitative estimate of drug-likeness (QED) is 0.601. The number of hydrogen-bond acceptors (Lipinski definition) is 2. The Kier molecular flexibility index (Phi) is 3.48. The molecule has 0 saturated carbocycles. The average molecular weight is 201 g/mol. The molecule has 1 heterocycles. The van der Waals surface area contributed by atoms with Crippen molar-refractivity contribution >= 4 is 23.2 Å². The molecule has 1 saturated heterocycles. The van der Waals surface area contributed by atoms with E-state index in [1.807, 2.05) is 0 Å². The number of carbonyl (C=O) groups is 1. The highest BCUT2D eigenvalue weighted by Crippen LogP contribution is 2.16. The Labute approximate surface area is 83.5 Å². The summed E-state index contributed by atoms with van der Waals surface area (Å²) >= 11 is 4.91. The van der Waals surface area contributed by atoms with Crippen molar-refractivity contribution in [3.05, 3.63) is 0 Å². The van der Waals surface area contributed by atoms with Crippen LogP contribution in [0.2, 0.25) is 0 Å². The Hall–Kier alpha value is -0.840. The molecule has 74 valence electrons. The molecule has 5 heteroatoms. The highest BCUT2D eigenvalue weighted by atomic mass is 32.1. The lowest BCUT2D eigenvalue weighted by Crippen LogP contribution is -2.46. The van der Waals surface area contributed by atoms with Crippen LogP contribution in [-0.2, 0) is 0 Å². The molecule has 1 aliphatic rings. The maximum atomic E-state index is 11.3. The van der Waals surface area contributed by atoms with E-state index in [-0.39, 0.29) is 11.9 Å². The third-order valence-electron chi connectivity index (χ3n) is 2.32. The van der Waals surface area contributed by atoms with Gasteiger partial charge in [-0.25, -0.2) is 4.79 Å². The van der Waals surface area contributed by atoms with Crippen LogP contribution in [0.25, 0.3) is 0 Å². The van der Waals surface area contributed by atoms with Gasteiger partial charge in [0.15, 0.2) is 0 Å². The fourth-order valence-corrected chi connectivity index (χ4v) is 1.74. The van der Waals surface area contributed by atoms with E-state index >= 15 is 0 Å². The molecular weight excluding hydrogens is 186 g/mol. The molecule has 1 rings (SSSR count). The van der Waals surface area contributed by atoms with Gasteiger partial charge >= 0.3 is 6.03 Å². The molecular formula is C8H15N3OS. The lowest BCUT2D eigenvalue weighted by molar-refractivity contribution is 0.180. The largest absolute Gasteiger partial charge is 0.393 e. The maximum absolute atomic E-state index is 11.3. The van der Waals surface area contributed by atoms with Crippen LogP contribution in [0.5, 0.6) is 0 Å². The minimum absolute atomic E-state index is 0.0408. The predicted octanol–water partition coefficient (Wildman–Crippen LogP) is 0.324. The average Bonchev–Trinajstić information content (AvgIpc) is 2.17. The summed E-state index contributed by atoms with van der Waals surface area (Å²) in [5.74, 6) is 0.195. The van der Waals surface area contributed by atoms with Gasteiger partial charge in [0.25, 0.3) is 0 Å². The molecule has 0 aliphatic carbocycles. The van der Waals surface area contributed by atoms with Gasteiger partial charge in [-0.2, -0.15) is 0 Å². The molecule has 1 fully saturated rings. The van der Waals surface area contributed by atoms with Crippen LogP contribution in [0, 0.1) is 5.92 Å². The van der Waals surface area contributed by atoms with E-state index in [0.717, 1.165) is 19.4 Å². The van der Waals surface area contributed by atoms with Crippen LogP contribution in [0.15, 0.2) is 0 Å². The number of piperidine rings is 1. The van der Waals surface area contributed by atoms with Crippen molar-refractivity contribution in [3.8, 4) is 0 Å². The number of amides is 2. The number of carbonyl (C=O) groups excluding carboxylic acids is 1. The number of thiocarbonyl (C=S) groups is 1. The summed E-state index contributed by atoms with van der Waals surface area (Å²) in [6.45, 7) is 1.47. The molecule has 1 atom stereocenters. The van der Waals surface area contributed by atoms with Gasteiger partial charge in [0.2, 0.25) is 0 Å². The molecule has 4 nitrogen and oxygen atoms in total. The second-order valence-electron chi connectivity index (χ2n) is 3.24. The molecule has 0 aromatic rings. The molecule has 2 amide bonds. The van der Waals surface area contributed by atoms with Crippen LogP contribution in [-0.4, -0.2) is 36.1 Å². The fourth-order valence-electron chi connectivity index (χ4n) is 1.55. The Morgan fingerprint density at radius 2 is 2.38 bits per heavy atom. The first-order chi connectivity index (χ1) is 6.15. The molecule has 1 unspecified atom stereocenters. The predicted molar refractivity (Wildman–Crippen MR) is 55.5 cm³/mol. The number of rotatable bonds is 1. The van der Waals surface area contributed by atoms with E-state index < -0.39 is 0 Å². The van der Waals surface area contributed by atoms with Crippen molar-refractivity contribution in [1.29, 1.82) is 0 Å². The molecule has 0 spiro atoms. The number of likely N-dealkylation sites (tertiary alicyclic amines) is 1. The number of hydrogen-bond donors (Lipinski definition) is 2. The molecule has 1 aliphatic heterocycles. The Morgan fingerprint density at radius 3 is 2.92 bits per heavy atom. The summed E-state index contributed by atoms with van der Waals surface area (Å²) in [5, 5.41) is 2.60. The topological polar surface area (TPSA) is 58.4 Å². The van der Waals surface area contributed by atoms with Crippen LogP contribution in [0.1, 0.15) is 12.8 Å². The molecule has 0 radical (unpaired) electrons. The summed E-state index contributed by atoms with van der Waals surface area (Å²) in [6, 6.07) is -0.0408. The Bertz CT molecular complexity index is 219. The zero-order chi connectivity index (χ0) is 9.84. The first-order valence-electron chi connectivity index (χ1n) is 4.41. The van der Waals surface area contributed by atoms with Gasteiger partial charge in [-0.05, 0) is 12.8 Å². The molecule has 3 N–H and O–H groups in total. The first-order valence-corrected chi connectivity index (χ1v) is 4.82. The second-order valence-corrected chi connectivity index (χ2v) is 3.71. The normalized spacial score (nSPS) is 22.5. The maximum Gasteiger partial charge on any atom is 0.317 e. The van der Waals surface area contributed by atoms with Gasteiger partial charge in [-0.1, -0.05) is 12.2 Å². The van der Waals surface area contributed by atoms with Crippen LogP contribution in [0.4, 0.5) is 4.79 Å². The van der Waals surface area contributed by atoms with Crippen molar-refractivity contribution in [1.82, 2.24) is 10.2 Å². The van der Waals surface area contributed by atoms with Gasteiger partial charge in [0.05, 0.1) is 4.99 Å². The smallest absolute Gasteiger partial charge is 0.317 e. The third kappa shape index (κ3) is 2.55. The lowest BCUT2D eigenvalue weighted by atomic mass is 9.98. The highest BCUT2D eigenvalue weighted by Gasteiger charge is 2.24. The van der Waals surface area contributed by atoms with E-state index in [4.69, 9.17) is 18.0 Å². The van der Waals surface area contributed by atoms with Gasteiger partial charge in [-0.3, -0.25) is 0 Å². The zero-order valence-corrected chi connectivity index (χ0v) is 8.56. The number of nitrogens with zero attached hydrogens (tertiary/aromatic N) is 1. The van der Waals surface area contributed by atoms with Crippen molar-refractivity contribution in [2.45, 2.75) is 12.8 Å². The van der Waals surface area contributed by atoms with Crippen molar-refractivity contribution in [3.63, 3.8) is 0 Å². The lowest BCUT2D eigenvalue weighted by Gasteiger charge is -2.31. The van der Waals surface area contributed by atoms with Crippen molar-refractivity contribution in [2.24, 2.45) is 11.7 Å². The summed E-state index contributed by atoms with van der Waals surface area (Å²) in [6.07, 6.45) is 1.98. The molecule has 0 aromatic heterocycles. The van der Waals surface area contributed by atoms with Crippen LogP contribution < -0.4 is 11.1 Å². The first kappa shape index (κ1) is 10.2. The van der Waals surface area contributed by atoms with Crippen LogP contribution in [0.3, 0.4) is 0 Å². The molecule has 13 heavy (non-hydrogen) atoms. The Balaban J connectivity index is 2.51. The zero-order valence-electron chi connectivity index (χ0n) is 7.75. The SMILES string of the molecule is CNC(=O)N1CCCC(C(N)=S)C1. The number of nitrogens with two attached hydrogens (primary N) is 1. The third-order valence-corrected chi connectivity index (χ3v) is 2.66. The highest BCUT2D eigenvalue weighted by molar-refractivity contribution is 7.80. The summed E-state index contributed by atoms with van der Waals surface area (Å²) in [7, 11) is 1.63. The van der Waals surface area contributed by atoms with Gasteiger partial charge < -0.3 is 16.0 Å². The van der Waals surface area contributed by atoms with E-state index in [1.165, 1.54) is 0 Å². The van der Waals surface area contributed by atoms with E-state index in [2.05, 4.69) is 5.32 Å². The van der Waals surface area contributed by atoms with Crippen molar-refractivity contribution < 1.29 is 4.79 Å². The van der Waals surface area contributed by atoms with E-state index in [9.17, 15) is 4.79 Å². The van der Waals surface area contributed by atoms with Crippen LogP contribution >= 0.6 is 12.2 Å². The Morgan fingerprint density at radius 1 is 1.69 bits per heavy atom. The summed E-state index contributed by atoms with van der Waals surface area (Å²) in [5.41, 5.74) is 5.54. The monoisotopic (exact) mass is 201 g/mol.